The van der Waals surface area contributed by atoms with Gasteiger partial charge in [-0.15, -0.1) is 0 Å². The molecule has 0 aromatic carbocycles. The fourth-order valence-corrected chi connectivity index (χ4v) is 3.95. The topological polar surface area (TPSA) is 112 Å². The van der Waals surface area contributed by atoms with E-state index in [2.05, 4.69) is 19.1 Å². The molecule has 0 heterocycles. The number of hydrogen-bond acceptors (Lipinski definition) is 3. The van der Waals surface area contributed by atoms with E-state index in [4.69, 9.17) is 0 Å². The van der Waals surface area contributed by atoms with Gasteiger partial charge in [-0.05, 0) is 52.9 Å². The van der Waals surface area contributed by atoms with E-state index in [0.29, 0.717) is 6.42 Å². The largest absolute Gasteiger partial charge is 0.477 e. The van der Waals surface area contributed by atoms with Crippen LogP contribution in [0.1, 0.15) is 85.5 Å². The summed E-state index contributed by atoms with van der Waals surface area (Å²) < 4.78 is -0.499. The lowest BCUT2D eigenvalue weighted by molar-refractivity contribution is -0.968. The number of rotatable bonds is 17. The number of allylic oxidation sites excluding steroid dienone is 2. The summed E-state index contributed by atoms with van der Waals surface area (Å²) in [4.78, 5) is 35.1. The summed E-state index contributed by atoms with van der Waals surface area (Å²) in [7, 11) is 0. The molecular weight excluding hydrogens is 374 g/mol. The van der Waals surface area contributed by atoms with Gasteiger partial charge in [0.15, 0.2) is 18.1 Å². The summed E-state index contributed by atoms with van der Waals surface area (Å²) >= 11 is 0. The Morgan fingerprint density at radius 1 is 0.690 bits per heavy atom. The minimum Gasteiger partial charge on any atom is -0.477 e. The molecule has 0 bridgehead atoms. The predicted molar refractivity (Wildman–Crippen MR) is 113 cm³/mol. The van der Waals surface area contributed by atoms with Gasteiger partial charge in [-0.25, -0.2) is 14.4 Å². The Morgan fingerprint density at radius 3 is 1.45 bits per heavy atom. The van der Waals surface area contributed by atoms with Crippen molar-refractivity contribution in [3.05, 3.63) is 12.2 Å². The van der Waals surface area contributed by atoms with Crippen LogP contribution in [-0.4, -0.2) is 62.4 Å². The van der Waals surface area contributed by atoms with Gasteiger partial charge < -0.3 is 15.3 Å². The van der Waals surface area contributed by atoms with Gasteiger partial charge in [-0.1, -0.05) is 44.8 Å². The molecule has 0 aliphatic carbocycles. The zero-order valence-electron chi connectivity index (χ0n) is 18.5. The molecule has 0 saturated carbocycles. The highest BCUT2D eigenvalue weighted by atomic mass is 16.4. The normalized spacial score (nSPS) is 16.8. The molecule has 3 N–H and O–H groups in total. The average molecular weight is 415 g/mol. The third-order valence-corrected chi connectivity index (χ3v) is 6.04. The molecule has 0 saturated heterocycles. The minimum atomic E-state index is -1.19. The minimum absolute atomic E-state index is 0.194. The highest BCUT2D eigenvalue weighted by molar-refractivity contribution is 5.77. The molecule has 3 atom stereocenters. The van der Waals surface area contributed by atoms with E-state index in [1.54, 1.807) is 0 Å². The first-order valence-electron chi connectivity index (χ1n) is 10.8. The molecule has 7 nitrogen and oxygen atoms in total. The summed E-state index contributed by atoms with van der Waals surface area (Å²) in [6, 6.07) is -3.40. The molecule has 0 aliphatic rings. The zero-order valence-corrected chi connectivity index (χ0v) is 18.5. The van der Waals surface area contributed by atoms with Gasteiger partial charge in [0.25, 0.3) is 0 Å². The van der Waals surface area contributed by atoms with Gasteiger partial charge in [0.1, 0.15) is 0 Å². The van der Waals surface area contributed by atoms with Crippen LogP contribution in [0.2, 0.25) is 0 Å². The molecule has 0 radical (unpaired) electrons. The van der Waals surface area contributed by atoms with E-state index in [1.807, 2.05) is 0 Å². The molecule has 7 heteroatoms. The van der Waals surface area contributed by atoms with Crippen molar-refractivity contribution >= 4 is 17.9 Å². The number of carboxylic acid groups (broad SMARTS) is 3. The van der Waals surface area contributed by atoms with Crippen molar-refractivity contribution in [3.8, 4) is 0 Å². The summed E-state index contributed by atoms with van der Waals surface area (Å²) in [5, 5.41) is 28.6. The predicted octanol–water partition coefficient (Wildman–Crippen LogP) is 4.31. The molecule has 0 fully saturated rings. The van der Waals surface area contributed by atoms with E-state index in [-0.39, 0.29) is 6.54 Å². The first-order chi connectivity index (χ1) is 13.6. The maximum atomic E-state index is 11.7. The Hall–Kier alpha value is -1.89. The van der Waals surface area contributed by atoms with Gasteiger partial charge in [-0.3, -0.25) is 4.48 Å². The third-order valence-electron chi connectivity index (χ3n) is 6.04. The van der Waals surface area contributed by atoms with E-state index in [0.717, 1.165) is 19.3 Å². The van der Waals surface area contributed by atoms with E-state index < -0.39 is 40.5 Å². The van der Waals surface area contributed by atoms with Crippen LogP contribution in [0.4, 0.5) is 0 Å². The van der Waals surface area contributed by atoms with Crippen LogP contribution < -0.4 is 0 Å². The van der Waals surface area contributed by atoms with Gasteiger partial charge in [-0.2, -0.15) is 0 Å². The van der Waals surface area contributed by atoms with Gasteiger partial charge in [0, 0.05) is 0 Å². The molecule has 0 rings (SSSR count). The first kappa shape index (κ1) is 27.1. The van der Waals surface area contributed by atoms with Gasteiger partial charge in [0.05, 0.1) is 6.54 Å². The summed E-state index contributed by atoms with van der Waals surface area (Å²) in [5.41, 5.74) is 0. The average Bonchev–Trinajstić information content (AvgIpc) is 2.67. The van der Waals surface area contributed by atoms with Crippen LogP contribution in [0, 0.1) is 0 Å². The molecule has 0 spiro atoms. The van der Waals surface area contributed by atoms with Gasteiger partial charge in [0.2, 0.25) is 0 Å². The molecule has 168 valence electrons. The van der Waals surface area contributed by atoms with E-state index >= 15 is 0 Å². The molecule has 0 aromatic heterocycles. The van der Waals surface area contributed by atoms with Crippen molar-refractivity contribution in [1.29, 1.82) is 0 Å². The van der Waals surface area contributed by atoms with Crippen molar-refractivity contribution in [2.24, 2.45) is 0 Å². The number of carboxylic acids is 3. The maximum absolute atomic E-state index is 11.7. The number of aliphatic carboxylic acids is 3. The maximum Gasteiger partial charge on any atom is 0.362 e. The quantitative estimate of drug-likeness (QED) is 0.186. The lowest BCUT2D eigenvalue weighted by Crippen LogP contribution is -2.70. The van der Waals surface area contributed by atoms with Crippen molar-refractivity contribution in [3.63, 3.8) is 0 Å². The summed E-state index contributed by atoms with van der Waals surface area (Å²) in [6.45, 7) is 6.59. The fraction of sp³-hybridized carbons (Fsp3) is 0.773. The Kier molecular flexibility index (Phi) is 13.2. The zero-order chi connectivity index (χ0) is 22.4. The van der Waals surface area contributed by atoms with Crippen LogP contribution in [0.5, 0.6) is 0 Å². The molecule has 3 unspecified atom stereocenters. The SMILES string of the molecule is CCCCCCC/C=C/CCCC[N+](C(C)C(=O)O)(C(C)C(=O)O)C(C)C(=O)O. The highest BCUT2D eigenvalue weighted by Crippen LogP contribution is 2.27. The number of unbranched alkanes of at least 4 members (excludes halogenated alkanes) is 7. The summed E-state index contributed by atoms with van der Waals surface area (Å²) in [5.74, 6) is -3.56. The molecular formula is C22H40NO6+. The molecule has 0 aromatic rings. The number of quaternary nitrogens is 1. The Morgan fingerprint density at radius 2 is 1.07 bits per heavy atom. The van der Waals surface area contributed by atoms with Gasteiger partial charge >= 0.3 is 17.9 Å². The van der Waals surface area contributed by atoms with Crippen molar-refractivity contribution in [2.75, 3.05) is 6.54 Å². The second-order valence-electron chi connectivity index (χ2n) is 7.93. The summed E-state index contributed by atoms with van der Waals surface area (Å²) in [6.07, 6.45) is 13.7. The first-order valence-corrected chi connectivity index (χ1v) is 10.8. The van der Waals surface area contributed by atoms with Crippen molar-refractivity contribution in [1.82, 2.24) is 0 Å². The lowest BCUT2D eigenvalue weighted by Gasteiger charge is -2.47. The van der Waals surface area contributed by atoms with Crippen molar-refractivity contribution < 1.29 is 34.2 Å². The van der Waals surface area contributed by atoms with E-state index in [1.165, 1.54) is 52.9 Å². The number of carbonyl (C=O) groups is 3. The van der Waals surface area contributed by atoms with Crippen LogP contribution in [0.25, 0.3) is 0 Å². The fourth-order valence-electron chi connectivity index (χ4n) is 3.95. The number of nitrogens with zero attached hydrogens (tertiary/aromatic N) is 1. The monoisotopic (exact) mass is 414 g/mol. The smallest absolute Gasteiger partial charge is 0.362 e. The molecule has 0 amide bonds. The standard InChI is InChI=1S/C22H39NO6/c1-5-6-7-8-9-10-11-12-13-14-15-16-23(17(2)20(24)25,18(3)21(26)27)19(4)22(28)29/h11-12,17-19H,5-10,13-16H2,1-4H3,(H2-,24,25,26,27,28,29)/p+1/b12-11+. The van der Waals surface area contributed by atoms with Crippen LogP contribution in [0.15, 0.2) is 12.2 Å². The van der Waals surface area contributed by atoms with Crippen LogP contribution in [-0.2, 0) is 14.4 Å². The second kappa shape index (κ2) is 14.1. The second-order valence-corrected chi connectivity index (χ2v) is 7.93. The van der Waals surface area contributed by atoms with Crippen LogP contribution in [0.3, 0.4) is 0 Å². The molecule has 0 aliphatic heterocycles. The Labute approximate surface area is 175 Å². The molecule has 29 heavy (non-hydrogen) atoms. The van der Waals surface area contributed by atoms with Crippen molar-refractivity contribution in [2.45, 2.75) is 104 Å². The number of hydrogen-bond donors (Lipinski definition) is 3. The Balaban J connectivity index is 4.92. The lowest BCUT2D eigenvalue weighted by atomic mass is 10.0. The van der Waals surface area contributed by atoms with E-state index in [9.17, 15) is 29.7 Å². The third kappa shape index (κ3) is 8.56. The highest BCUT2D eigenvalue weighted by Gasteiger charge is 2.52. The van der Waals surface area contributed by atoms with Crippen LogP contribution >= 0.6 is 0 Å². The Bertz CT molecular complexity index is 495.